The molecule has 2 aliphatic heterocycles. The quantitative estimate of drug-likeness (QED) is 0.169. The molecule has 4 rings (SSSR count). The van der Waals surface area contributed by atoms with Crippen molar-refractivity contribution in [2.45, 2.75) is 48.7 Å². The third kappa shape index (κ3) is 5.79. The number of aldehydes is 1. The second-order valence-electron chi connectivity index (χ2n) is 9.77. The summed E-state index contributed by atoms with van der Waals surface area (Å²) in [6.45, 7) is 5.03. The zero-order valence-corrected chi connectivity index (χ0v) is 23.4. The molecule has 11 heteroatoms. The van der Waals surface area contributed by atoms with Crippen LogP contribution < -0.4 is 5.32 Å². The summed E-state index contributed by atoms with van der Waals surface area (Å²) in [6, 6.07) is 17.0. The van der Waals surface area contributed by atoms with E-state index in [1.54, 1.807) is 20.8 Å². The van der Waals surface area contributed by atoms with Gasteiger partial charge in [-0.3, -0.25) is 9.69 Å². The third-order valence-corrected chi connectivity index (χ3v) is 8.29. The topological polar surface area (TPSA) is 125 Å². The molecule has 1 N–H and O–H groups in total. The van der Waals surface area contributed by atoms with Gasteiger partial charge >= 0.3 is 12.1 Å². The van der Waals surface area contributed by atoms with E-state index >= 15 is 0 Å². The summed E-state index contributed by atoms with van der Waals surface area (Å²) >= 11 is 1.50. The van der Waals surface area contributed by atoms with E-state index in [-0.39, 0.29) is 17.0 Å². The van der Waals surface area contributed by atoms with Crippen LogP contribution in [0, 0.1) is 0 Å². The number of alkyl carbamates (subject to hydrolysis) is 1. The van der Waals surface area contributed by atoms with Gasteiger partial charge in [0.25, 0.3) is 5.91 Å². The monoisotopic (exact) mass is 602 g/mol. The van der Waals surface area contributed by atoms with Crippen LogP contribution in [0.2, 0.25) is 0 Å². The molecule has 0 bridgehead atoms. The second-order valence-corrected chi connectivity index (χ2v) is 12.3. The normalized spacial score (nSPS) is 21.8. The van der Waals surface area contributed by atoms with Crippen LogP contribution in [0.5, 0.6) is 0 Å². The highest BCUT2D eigenvalue weighted by atomic mass is 79.9. The van der Waals surface area contributed by atoms with Crippen LogP contribution in [0.15, 0.2) is 71.9 Å². The molecule has 4 atom stereocenters. The number of carbonyl (C=O) groups excluding carboxylic acids is 4. The molecular formula is C27H27BrN2O7S. The molecule has 0 aromatic heterocycles. The van der Waals surface area contributed by atoms with Crippen molar-refractivity contribution >= 4 is 51.4 Å². The number of rotatable bonds is 7. The van der Waals surface area contributed by atoms with E-state index in [4.69, 9.17) is 9.47 Å². The number of fused-ring (bicyclic) bond motifs is 1. The maximum absolute atomic E-state index is 13.7. The van der Waals surface area contributed by atoms with Gasteiger partial charge in [-0.1, -0.05) is 76.6 Å². The number of hydrogen-bond acceptors (Lipinski definition) is 7. The zero-order chi connectivity index (χ0) is 27.6. The van der Waals surface area contributed by atoms with Crippen LogP contribution in [0.1, 0.15) is 38.0 Å². The lowest BCUT2D eigenvalue weighted by atomic mass is 10.00. The Balaban J connectivity index is 1.67. The van der Waals surface area contributed by atoms with Gasteiger partial charge in [0.2, 0.25) is 5.37 Å². The van der Waals surface area contributed by atoms with Crippen LogP contribution in [-0.2, 0) is 35.0 Å². The molecule has 2 heterocycles. The first-order valence-electron chi connectivity index (χ1n) is 11.8. The number of alkyl halides is 1. The molecule has 0 radical (unpaired) electrons. The van der Waals surface area contributed by atoms with Crippen LogP contribution in [0.4, 0.5) is 4.79 Å². The lowest BCUT2D eigenvalue weighted by Crippen LogP contribution is -2.75. The van der Waals surface area contributed by atoms with Crippen LogP contribution in [-0.4, -0.2) is 61.3 Å². The lowest BCUT2D eigenvalue weighted by molar-refractivity contribution is -0.154. The van der Waals surface area contributed by atoms with Gasteiger partial charge < -0.3 is 24.1 Å². The van der Waals surface area contributed by atoms with Crippen molar-refractivity contribution in [3.05, 3.63) is 83.1 Å². The number of β-lactam (4-membered cyclic amide) rings is 1. The highest BCUT2D eigenvalue weighted by Gasteiger charge is 2.62. The molecule has 2 aromatic rings. The molecule has 1 saturated heterocycles. The summed E-state index contributed by atoms with van der Waals surface area (Å²) in [4.78, 5) is 51.0. The Morgan fingerprint density at radius 1 is 1.11 bits per heavy atom. The van der Waals surface area contributed by atoms with Crippen LogP contribution >= 0.6 is 15.9 Å². The molecule has 4 unspecified atom stereocenters. The Hall–Kier alpha value is -3.15. The van der Waals surface area contributed by atoms with Crippen LogP contribution in [0.3, 0.4) is 0 Å². The second kappa shape index (κ2) is 11.3. The minimum atomic E-state index is -1.71. The highest BCUT2D eigenvalue weighted by molar-refractivity contribution is 9.10. The number of nitrogens with zero attached hydrogens (tertiary/aromatic N) is 1. The third-order valence-electron chi connectivity index (χ3n) is 5.90. The van der Waals surface area contributed by atoms with E-state index in [2.05, 4.69) is 21.2 Å². The Morgan fingerprint density at radius 2 is 1.66 bits per heavy atom. The molecule has 2 amide bonds. The fraction of sp³-hybridized carbons (Fsp3) is 0.333. The van der Waals surface area contributed by atoms with E-state index in [1.807, 2.05) is 60.7 Å². The largest absolute Gasteiger partial charge is 0.614 e. The SMILES string of the molecule is CC(C)(C)OC(=O)NC1C(=O)N2C(C(=O)OC(c3ccccc3)c3ccccc3)=C(C(Br)C=O)C[S+]([O-])C12. The minimum absolute atomic E-state index is 0.160. The molecule has 0 saturated carbocycles. The maximum atomic E-state index is 13.7. The Morgan fingerprint density at radius 3 is 2.16 bits per heavy atom. The first-order valence-corrected chi connectivity index (χ1v) is 14.1. The Labute approximate surface area is 231 Å². The predicted octanol–water partition coefficient (Wildman–Crippen LogP) is 3.36. The number of hydrogen-bond donors (Lipinski definition) is 1. The van der Waals surface area contributed by atoms with E-state index in [1.165, 1.54) is 0 Å². The molecule has 38 heavy (non-hydrogen) atoms. The summed E-state index contributed by atoms with van der Waals surface area (Å²) < 4.78 is 24.3. The molecule has 2 aliphatic rings. The Kier molecular flexibility index (Phi) is 8.29. The van der Waals surface area contributed by atoms with Gasteiger partial charge in [0.15, 0.2) is 12.1 Å². The van der Waals surface area contributed by atoms with Crippen molar-refractivity contribution < 1.29 is 33.2 Å². The number of carbonyl (C=O) groups is 4. The summed E-state index contributed by atoms with van der Waals surface area (Å²) in [5, 5.41) is 1.45. The van der Waals surface area contributed by atoms with E-state index in [0.717, 1.165) is 4.90 Å². The summed E-state index contributed by atoms with van der Waals surface area (Å²) in [7, 11) is 0. The van der Waals surface area contributed by atoms with E-state index in [0.29, 0.717) is 17.4 Å². The summed E-state index contributed by atoms with van der Waals surface area (Å²) in [6.07, 6.45) is -1.10. The lowest BCUT2D eigenvalue weighted by Gasteiger charge is -2.49. The standard InChI is InChI=1S/C27H27BrN2O7S/c1-27(2,3)37-26(34)29-20-23(32)30-21(18(19(28)14-31)15-38(35)24(20)30)25(33)36-22(16-10-6-4-7-11-16)17-12-8-5-9-13-17/h4-14,19-20,22,24H,15H2,1-3H3,(H,29,34). The minimum Gasteiger partial charge on any atom is -0.614 e. The number of ether oxygens (including phenoxy) is 2. The average Bonchev–Trinajstić information content (AvgIpc) is 2.89. The van der Waals surface area contributed by atoms with Gasteiger partial charge in [0.05, 0.1) is 4.83 Å². The molecule has 0 aliphatic carbocycles. The maximum Gasteiger partial charge on any atom is 0.408 e. The van der Waals surface area contributed by atoms with Crippen molar-refractivity contribution in [2.24, 2.45) is 0 Å². The van der Waals surface area contributed by atoms with Crippen molar-refractivity contribution in [3.8, 4) is 0 Å². The van der Waals surface area contributed by atoms with E-state index in [9.17, 15) is 23.7 Å². The number of nitrogens with one attached hydrogen (secondary N) is 1. The van der Waals surface area contributed by atoms with Gasteiger partial charge in [-0.2, -0.15) is 0 Å². The summed E-state index contributed by atoms with van der Waals surface area (Å²) in [5.41, 5.74) is 0.614. The predicted molar refractivity (Wildman–Crippen MR) is 143 cm³/mol. The van der Waals surface area contributed by atoms with Gasteiger partial charge in [0, 0.05) is 5.57 Å². The van der Waals surface area contributed by atoms with Crippen molar-refractivity contribution in [3.63, 3.8) is 0 Å². The highest BCUT2D eigenvalue weighted by Crippen LogP contribution is 2.40. The van der Waals surface area contributed by atoms with Crippen molar-refractivity contribution in [2.75, 3.05) is 5.75 Å². The van der Waals surface area contributed by atoms with Crippen molar-refractivity contribution in [1.29, 1.82) is 0 Å². The Bertz CT molecular complexity index is 1210. The smallest absolute Gasteiger partial charge is 0.408 e. The molecule has 1 fully saturated rings. The van der Waals surface area contributed by atoms with Crippen molar-refractivity contribution in [1.82, 2.24) is 10.2 Å². The van der Waals surface area contributed by atoms with Gasteiger partial charge in [-0.25, -0.2) is 9.59 Å². The van der Waals surface area contributed by atoms with E-state index < -0.39 is 57.1 Å². The first kappa shape index (κ1) is 27.9. The summed E-state index contributed by atoms with van der Waals surface area (Å²) in [5.74, 6) is -1.67. The average molecular weight is 603 g/mol. The van der Waals surface area contributed by atoms with Gasteiger partial charge in [-0.15, -0.1) is 0 Å². The molecule has 2 aromatic carbocycles. The molecule has 200 valence electrons. The number of halogens is 1. The zero-order valence-electron chi connectivity index (χ0n) is 21.0. The number of benzene rings is 2. The molecule has 9 nitrogen and oxygen atoms in total. The van der Waals surface area contributed by atoms with Gasteiger partial charge in [0.1, 0.15) is 23.3 Å². The van der Waals surface area contributed by atoms with Gasteiger partial charge in [-0.05, 0) is 43.1 Å². The number of esters is 1. The molecular weight excluding hydrogens is 576 g/mol. The van der Waals surface area contributed by atoms with Crippen LogP contribution in [0.25, 0.3) is 0 Å². The fourth-order valence-electron chi connectivity index (χ4n) is 4.27. The fourth-order valence-corrected chi connectivity index (χ4v) is 6.59. The number of amides is 2. The first-order chi connectivity index (χ1) is 18.0. The molecule has 0 spiro atoms.